The van der Waals surface area contributed by atoms with Crippen LogP contribution in [0.4, 0.5) is 0 Å². The van der Waals surface area contributed by atoms with Gasteiger partial charge in [-0.05, 0) is 39.3 Å². The van der Waals surface area contributed by atoms with Crippen LogP contribution in [-0.2, 0) is 13.1 Å². The summed E-state index contributed by atoms with van der Waals surface area (Å²) in [5, 5.41) is 7.13. The van der Waals surface area contributed by atoms with E-state index in [4.69, 9.17) is 4.52 Å². The van der Waals surface area contributed by atoms with E-state index in [1.54, 1.807) is 0 Å². The number of rotatable bonds is 4. The van der Waals surface area contributed by atoms with Crippen LogP contribution in [0.15, 0.2) is 10.6 Å². The van der Waals surface area contributed by atoms with Gasteiger partial charge in [-0.15, -0.1) is 0 Å². The van der Waals surface area contributed by atoms with Crippen molar-refractivity contribution in [3.63, 3.8) is 0 Å². The second-order valence-electron chi connectivity index (χ2n) is 5.26. The monoisotopic (exact) mass is 237 g/mol. The smallest absolute Gasteiger partial charge is 0.151 e. The van der Waals surface area contributed by atoms with Gasteiger partial charge in [0.25, 0.3) is 0 Å². The van der Waals surface area contributed by atoms with E-state index in [0.29, 0.717) is 6.04 Å². The molecule has 1 aromatic heterocycles. The van der Waals surface area contributed by atoms with Gasteiger partial charge in [-0.3, -0.25) is 4.90 Å². The number of likely N-dealkylation sites (tertiary alicyclic amines) is 1. The molecule has 1 N–H and O–H groups in total. The highest BCUT2D eigenvalue weighted by Crippen LogP contribution is 2.23. The molecule has 0 radical (unpaired) electrons. The van der Waals surface area contributed by atoms with E-state index in [2.05, 4.69) is 35.3 Å². The van der Waals surface area contributed by atoms with Crippen molar-refractivity contribution in [3.8, 4) is 0 Å². The topological polar surface area (TPSA) is 41.3 Å². The van der Waals surface area contributed by atoms with Crippen molar-refractivity contribution < 1.29 is 4.52 Å². The Labute approximate surface area is 103 Å². The third-order valence-electron chi connectivity index (χ3n) is 3.60. The predicted octanol–water partition coefficient (Wildman–Crippen LogP) is 2.01. The highest BCUT2D eigenvalue weighted by atomic mass is 16.5. The lowest BCUT2D eigenvalue weighted by Crippen LogP contribution is -2.39. The van der Waals surface area contributed by atoms with Gasteiger partial charge in [-0.25, -0.2) is 0 Å². The van der Waals surface area contributed by atoms with Gasteiger partial charge < -0.3 is 9.84 Å². The first-order chi connectivity index (χ1) is 8.19. The van der Waals surface area contributed by atoms with E-state index in [-0.39, 0.29) is 0 Å². The fourth-order valence-electron chi connectivity index (χ4n) is 2.59. The van der Waals surface area contributed by atoms with Crippen molar-refractivity contribution >= 4 is 0 Å². The quantitative estimate of drug-likeness (QED) is 0.870. The van der Waals surface area contributed by atoms with Crippen LogP contribution in [0, 0.1) is 5.92 Å². The Morgan fingerprint density at radius 2 is 2.35 bits per heavy atom. The van der Waals surface area contributed by atoms with Crippen molar-refractivity contribution in [1.29, 1.82) is 0 Å². The van der Waals surface area contributed by atoms with Crippen LogP contribution in [0.25, 0.3) is 0 Å². The minimum Gasteiger partial charge on any atom is -0.360 e. The van der Waals surface area contributed by atoms with Crippen molar-refractivity contribution in [2.75, 3.05) is 13.6 Å². The minimum atomic E-state index is 0.650. The molecule has 2 unspecified atom stereocenters. The number of piperidine rings is 1. The summed E-state index contributed by atoms with van der Waals surface area (Å²) in [5.41, 5.74) is 0.987. The van der Waals surface area contributed by atoms with Gasteiger partial charge in [-0.1, -0.05) is 12.1 Å². The maximum atomic E-state index is 5.36. The lowest BCUT2D eigenvalue weighted by atomic mass is 9.93. The average Bonchev–Trinajstić information content (AvgIpc) is 2.71. The predicted molar refractivity (Wildman–Crippen MR) is 67.5 cm³/mol. The van der Waals surface area contributed by atoms with Gasteiger partial charge in [0.2, 0.25) is 0 Å². The number of hydrogen-bond donors (Lipinski definition) is 1. The molecule has 0 bridgehead atoms. The zero-order valence-corrected chi connectivity index (χ0v) is 11.1. The molecule has 1 aliphatic rings. The van der Waals surface area contributed by atoms with Gasteiger partial charge in [0, 0.05) is 18.7 Å². The normalized spacial score (nSPS) is 26.3. The average molecular weight is 237 g/mol. The van der Waals surface area contributed by atoms with E-state index >= 15 is 0 Å². The summed E-state index contributed by atoms with van der Waals surface area (Å²) >= 11 is 0. The van der Waals surface area contributed by atoms with E-state index in [0.717, 1.165) is 30.5 Å². The molecule has 4 nitrogen and oxygen atoms in total. The third kappa shape index (κ3) is 3.30. The molecule has 0 amide bonds. The van der Waals surface area contributed by atoms with Crippen LogP contribution in [-0.4, -0.2) is 29.7 Å². The van der Waals surface area contributed by atoms with Crippen LogP contribution in [0.1, 0.15) is 38.1 Å². The number of nitrogens with zero attached hydrogens (tertiary/aromatic N) is 2. The summed E-state index contributed by atoms with van der Waals surface area (Å²) in [6.45, 7) is 7.49. The third-order valence-corrected chi connectivity index (χ3v) is 3.60. The molecular formula is C13H23N3O. The molecule has 1 saturated heterocycles. The van der Waals surface area contributed by atoms with Crippen molar-refractivity contribution in [3.05, 3.63) is 17.5 Å². The lowest BCUT2D eigenvalue weighted by molar-refractivity contribution is 0.110. The Bertz CT molecular complexity index is 350. The Hall–Kier alpha value is -0.870. The molecule has 0 aromatic carbocycles. The molecule has 2 heterocycles. The van der Waals surface area contributed by atoms with E-state index in [9.17, 15) is 0 Å². The molecule has 96 valence electrons. The molecule has 2 atom stereocenters. The Balaban J connectivity index is 1.91. The Kier molecular flexibility index (Phi) is 4.18. The second kappa shape index (κ2) is 5.65. The molecule has 2 rings (SSSR count). The van der Waals surface area contributed by atoms with E-state index < -0.39 is 0 Å². The van der Waals surface area contributed by atoms with Crippen molar-refractivity contribution in [2.24, 2.45) is 5.92 Å². The molecule has 1 fully saturated rings. The summed E-state index contributed by atoms with van der Waals surface area (Å²) in [4.78, 5) is 2.49. The number of aromatic nitrogens is 1. The first-order valence-corrected chi connectivity index (χ1v) is 6.52. The Morgan fingerprint density at radius 1 is 1.53 bits per heavy atom. The molecule has 0 saturated carbocycles. The SMILES string of the molecule is CNCc1cc(CN2CCC(C)CC2C)on1. The summed E-state index contributed by atoms with van der Waals surface area (Å²) in [6.07, 6.45) is 2.58. The summed E-state index contributed by atoms with van der Waals surface area (Å²) < 4.78 is 5.36. The maximum Gasteiger partial charge on any atom is 0.151 e. The minimum absolute atomic E-state index is 0.650. The van der Waals surface area contributed by atoms with E-state index in [1.165, 1.54) is 19.4 Å². The van der Waals surface area contributed by atoms with Crippen molar-refractivity contribution in [1.82, 2.24) is 15.4 Å². The second-order valence-corrected chi connectivity index (χ2v) is 5.26. The van der Waals surface area contributed by atoms with Crippen LogP contribution in [0.5, 0.6) is 0 Å². The first kappa shape index (κ1) is 12.6. The van der Waals surface area contributed by atoms with Crippen LogP contribution in [0.2, 0.25) is 0 Å². The summed E-state index contributed by atoms with van der Waals surface area (Å²) in [5.74, 6) is 1.84. The molecule has 0 aliphatic carbocycles. The largest absolute Gasteiger partial charge is 0.360 e. The number of hydrogen-bond acceptors (Lipinski definition) is 4. The fourth-order valence-corrected chi connectivity index (χ4v) is 2.59. The van der Waals surface area contributed by atoms with Gasteiger partial charge in [0.05, 0.1) is 12.2 Å². The first-order valence-electron chi connectivity index (χ1n) is 6.52. The fraction of sp³-hybridized carbons (Fsp3) is 0.769. The molecule has 17 heavy (non-hydrogen) atoms. The lowest BCUT2D eigenvalue weighted by Gasteiger charge is -2.35. The molecule has 4 heteroatoms. The number of nitrogens with one attached hydrogen (secondary N) is 1. The highest BCUT2D eigenvalue weighted by molar-refractivity contribution is 5.05. The zero-order chi connectivity index (χ0) is 12.3. The van der Waals surface area contributed by atoms with Crippen LogP contribution < -0.4 is 5.32 Å². The maximum absolute atomic E-state index is 5.36. The van der Waals surface area contributed by atoms with E-state index in [1.807, 2.05) is 7.05 Å². The zero-order valence-electron chi connectivity index (χ0n) is 11.1. The Morgan fingerprint density at radius 3 is 3.06 bits per heavy atom. The summed E-state index contributed by atoms with van der Waals surface area (Å²) in [7, 11) is 1.92. The van der Waals surface area contributed by atoms with Crippen LogP contribution in [0.3, 0.4) is 0 Å². The standard InChI is InChI=1S/C13H23N3O/c1-10-4-5-16(11(2)6-10)9-13-7-12(8-14-3)15-17-13/h7,10-11,14H,4-6,8-9H2,1-3H3. The van der Waals surface area contributed by atoms with Crippen LogP contribution >= 0.6 is 0 Å². The molecule has 0 spiro atoms. The summed E-state index contributed by atoms with van der Waals surface area (Å²) in [6, 6.07) is 2.71. The van der Waals surface area contributed by atoms with Gasteiger partial charge >= 0.3 is 0 Å². The van der Waals surface area contributed by atoms with Gasteiger partial charge in [0.1, 0.15) is 0 Å². The van der Waals surface area contributed by atoms with Gasteiger partial charge in [0.15, 0.2) is 5.76 Å². The molecule has 1 aromatic rings. The van der Waals surface area contributed by atoms with Crippen molar-refractivity contribution in [2.45, 2.75) is 45.8 Å². The van der Waals surface area contributed by atoms with Gasteiger partial charge in [-0.2, -0.15) is 0 Å². The molecule has 1 aliphatic heterocycles. The highest BCUT2D eigenvalue weighted by Gasteiger charge is 2.23. The molecular weight excluding hydrogens is 214 g/mol.